The van der Waals surface area contributed by atoms with E-state index in [4.69, 9.17) is 0 Å². The summed E-state index contributed by atoms with van der Waals surface area (Å²) in [7, 11) is 0. The molecule has 6 nitrogen and oxygen atoms in total. The van der Waals surface area contributed by atoms with E-state index in [2.05, 4.69) is 12.2 Å². The molecule has 2 aliphatic rings. The van der Waals surface area contributed by atoms with Crippen LogP contribution < -0.4 is 5.32 Å². The van der Waals surface area contributed by atoms with Crippen molar-refractivity contribution in [2.24, 2.45) is 11.8 Å². The van der Waals surface area contributed by atoms with Crippen LogP contribution in [-0.2, 0) is 0 Å². The molecule has 1 amide bonds. The van der Waals surface area contributed by atoms with Crippen molar-refractivity contribution in [2.45, 2.75) is 19.9 Å². The van der Waals surface area contributed by atoms with Gasteiger partial charge in [-0.25, -0.2) is 0 Å². The molecule has 2 heterocycles. The maximum absolute atomic E-state index is 12.7. The molecule has 3 rings (SSSR count). The van der Waals surface area contributed by atoms with Crippen LogP contribution >= 0.6 is 0 Å². The van der Waals surface area contributed by atoms with Gasteiger partial charge in [-0.3, -0.25) is 14.9 Å². The second-order valence-electron chi connectivity index (χ2n) is 6.09. The predicted octanol–water partition coefficient (Wildman–Crippen LogP) is 1.58. The Kier molecular flexibility index (Phi) is 3.41. The molecule has 2 fully saturated rings. The van der Waals surface area contributed by atoms with Gasteiger partial charge >= 0.3 is 0 Å². The zero-order chi connectivity index (χ0) is 15.1. The molecule has 1 N–H and O–H groups in total. The summed E-state index contributed by atoms with van der Waals surface area (Å²) in [4.78, 5) is 25.1. The Balaban J connectivity index is 1.87. The van der Waals surface area contributed by atoms with Crippen molar-refractivity contribution in [3.05, 3.63) is 39.4 Å². The van der Waals surface area contributed by atoms with Gasteiger partial charge in [-0.2, -0.15) is 0 Å². The normalized spacial score (nSPS) is 27.7. The summed E-state index contributed by atoms with van der Waals surface area (Å²) in [6.07, 6.45) is 0. The first-order valence-electron chi connectivity index (χ1n) is 7.25. The minimum atomic E-state index is -0.449. The number of carbonyl (C=O) groups excluding carboxylic acids is 1. The van der Waals surface area contributed by atoms with E-state index in [1.807, 2.05) is 4.90 Å². The Hall–Kier alpha value is -1.95. The Labute approximate surface area is 123 Å². The molecule has 0 aromatic heterocycles. The summed E-state index contributed by atoms with van der Waals surface area (Å²) >= 11 is 0. The van der Waals surface area contributed by atoms with Crippen LogP contribution in [0.5, 0.6) is 0 Å². The zero-order valence-electron chi connectivity index (χ0n) is 12.2. The molecule has 3 unspecified atom stereocenters. The van der Waals surface area contributed by atoms with Gasteiger partial charge in [0.1, 0.15) is 0 Å². The van der Waals surface area contributed by atoms with Gasteiger partial charge in [0.15, 0.2) is 0 Å². The minimum Gasteiger partial charge on any atom is -0.335 e. The monoisotopic (exact) mass is 289 g/mol. The van der Waals surface area contributed by atoms with Crippen LogP contribution in [0.15, 0.2) is 18.2 Å². The number of nitro groups is 1. The highest BCUT2D eigenvalue weighted by Crippen LogP contribution is 2.33. The number of hydrogen-bond acceptors (Lipinski definition) is 4. The molecule has 1 aromatic carbocycles. The van der Waals surface area contributed by atoms with E-state index in [-0.39, 0.29) is 17.6 Å². The molecule has 0 bridgehead atoms. The molecule has 6 heteroatoms. The summed E-state index contributed by atoms with van der Waals surface area (Å²) < 4.78 is 0. The average molecular weight is 289 g/mol. The Morgan fingerprint density at radius 1 is 1.38 bits per heavy atom. The quantitative estimate of drug-likeness (QED) is 0.662. The minimum absolute atomic E-state index is 0.0212. The highest BCUT2D eigenvalue weighted by molar-refractivity contribution is 5.95. The molecule has 0 spiro atoms. The molecule has 21 heavy (non-hydrogen) atoms. The van der Waals surface area contributed by atoms with Crippen molar-refractivity contribution in [1.82, 2.24) is 10.2 Å². The number of non-ortho nitro benzene ring substituents is 1. The van der Waals surface area contributed by atoms with Crippen molar-refractivity contribution >= 4 is 11.6 Å². The first kappa shape index (κ1) is 14.0. The molecule has 0 saturated carbocycles. The SMILES string of the molecule is Cc1cc(C(=O)N2CC3CNCC3C2C)cc([N+](=O)[O-])c1. The van der Waals surface area contributed by atoms with Crippen molar-refractivity contribution in [3.8, 4) is 0 Å². The van der Waals surface area contributed by atoms with Crippen molar-refractivity contribution in [1.29, 1.82) is 0 Å². The van der Waals surface area contributed by atoms with Crippen molar-refractivity contribution in [3.63, 3.8) is 0 Å². The van der Waals surface area contributed by atoms with Gasteiger partial charge in [-0.1, -0.05) is 0 Å². The predicted molar refractivity (Wildman–Crippen MR) is 78.2 cm³/mol. The highest BCUT2D eigenvalue weighted by atomic mass is 16.6. The van der Waals surface area contributed by atoms with E-state index in [1.165, 1.54) is 12.1 Å². The van der Waals surface area contributed by atoms with Crippen LogP contribution in [0, 0.1) is 28.9 Å². The number of nitrogens with one attached hydrogen (secondary N) is 1. The molecule has 0 aliphatic carbocycles. The number of hydrogen-bond donors (Lipinski definition) is 1. The number of nitrogens with zero attached hydrogens (tertiary/aromatic N) is 2. The number of carbonyl (C=O) groups is 1. The molecule has 1 aromatic rings. The van der Waals surface area contributed by atoms with Gasteiger partial charge in [0.25, 0.3) is 11.6 Å². The molecular formula is C15H19N3O3. The van der Waals surface area contributed by atoms with Crippen molar-refractivity contribution < 1.29 is 9.72 Å². The standard InChI is InChI=1S/C15H19N3O3/c1-9-3-11(5-13(4-9)18(20)21)15(19)17-8-12-6-16-7-14(12)10(17)2/h3-5,10,12,14,16H,6-8H2,1-2H3. The molecule has 112 valence electrons. The van der Waals surface area contributed by atoms with Gasteiger partial charge in [-0.05, 0) is 37.3 Å². The van der Waals surface area contributed by atoms with Crippen LogP contribution in [-0.4, -0.2) is 41.4 Å². The Bertz CT molecular complexity index is 602. The highest BCUT2D eigenvalue weighted by Gasteiger charge is 2.43. The summed E-state index contributed by atoms with van der Waals surface area (Å²) in [5.74, 6) is 0.904. The molecular weight excluding hydrogens is 270 g/mol. The van der Waals surface area contributed by atoms with Gasteiger partial charge in [0, 0.05) is 43.4 Å². The third-order valence-electron chi connectivity index (χ3n) is 4.72. The molecule has 2 aliphatic heterocycles. The number of rotatable bonds is 2. The van der Waals surface area contributed by atoms with Gasteiger partial charge in [0.2, 0.25) is 0 Å². The number of amides is 1. The largest absolute Gasteiger partial charge is 0.335 e. The Morgan fingerprint density at radius 2 is 2.14 bits per heavy atom. The fraction of sp³-hybridized carbons (Fsp3) is 0.533. The maximum Gasteiger partial charge on any atom is 0.270 e. The van der Waals surface area contributed by atoms with E-state index >= 15 is 0 Å². The second kappa shape index (κ2) is 5.11. The average Bonchev–Trinajstić information content (AvgIpc) is 3.01. The van der Waals surface area contributed by atoms with Gasteiger partial charge in [0.05, 0.1) is 4.92 Å². The Morgan fingerprint density at radius 3 is 2.81 bits per heavy atom. The van der Waals surface area contributed by atoms with Crippen LogP contribution in [0.2, 0.25) is 0 Å². The fourth-order valence-electron chi connectivity index (χ4n) is 3.59. The van der Waals surface area contributed by atoms with E-state index in [9.17, 15) is 14.9 Å². The number of benzene rings is 1. The third-order valence-corrected chi connectivity index (χ3v) is 4.72. The van der Waals surface area contributed by atoms with Crippen LogP contribution in [0.1, 0.15) is 22.8 Å². The molecule has 0 radical (unpaired) electrons. The summed E-state index contributed by atoms with van der Waals surface area (Å²) in [6, 6.07) is 4.78. The summed E-state index contributed by atoms with van der Waals surface area (Å²) in [5.41, 5.74) is 1.13. The lowest BCUT2D eigenvalue weighted by Crippen LogP contribution is -2.38. The fourth-order valence-corrected chi connectivity index (χ4v) is 3.59. The van der Waals surface area contributed by atoms with Gasteiger partial charge < -0.3 is 10.2 Å². The summed E-state index contributed by atoms with van der Waals surface area (Å²) in [5, 5.41) is 14.3. The van der Waals surface area contributed by atoms with Crippen molar-refractivity contribution in [2.75, 3.05) is 19.6 Å². The summed E-state index contributed by atoms with van der Waals surface area (Å²) in [6.45, 7) is 6.48. The van der Waals surface area contributed by atoms with E-state index in [1.54, 1.807) is 13.0 Å². The lowest BCUT2D eigenvalue weighted by molar-refractivity contribution is -0.384. The first-order chi connectivity index (χ1) is 9.97. The van der Waals surface area contributed by atoms with Crippen LogP contribution in [0.3, 0.4) is 0 Å². The molecule has 3 atom stereocenters. The smallest absolute Gasteiger partial charge is 0.270 e. The van der Waals surface area contributed by atoms with Gasteiger partial charge in [-0.15, -0.1) is 0 Å². The maximum atomic E-state index is 12.7. The second-order valence-corrected chi connectivity index (χ2v) is 6.09. The number of fused-ring (bicyclic) bond motifs is 1. The number of aryl methyl sites for hydroxylation is 1. The van der Waals surface area contributed by atoms with E-state index in [0.29, 0.717) is 17.4 Å². The lowest BCUT2D eigenvalue weighted by Gasteiger charge is -2.24. The topological polar surface area (TPSA) is 75.5 Å². The van der Waals surface area contributed by atoms with Crippen LogP contribution in [0.25, 0.3) is 0 Å². The van der Waals surface area contributed by atoms with Crippen LogP contribution in [0.4, 0.5) is 5.69 Å². The molecule has 2 saturated heterocycles. The lowest BCUT2D eigenvalue weighted by atomic mass is 9.95. The number of nitro benzene ring substituents is 1. The number of likely N-dealkylation sites (tertiary alicyclic amines) is 1. The van der Waals surface area contributed by atoms with E-state index < -0.39 is 4.92 Å². The zero-order valence-corrected chi connectivity index (χ0v) is 12.2. The van der Waals surface area contributed by atoms with E-state index in [0.717, 1.165) is 25.2 Å². The third kappa shape index (κ3) is 2.40. The first-order valence-corrected chi connectivity index (χ1v) is 7.25.